The maximum Gasteiger partial charge on any atom is 0.319 e. The quantitative estimate of drug-likeness (QED) is 0.690. The Morgan fingerprint density at radius 3 is 2.53 bits per heavy atom. The second-order valence-corrected chi connectivity index (χ2v) is 3.85. The van der Waals surface area contributed by atoms with Crippen molar-refractivity contribution in [3.63, 3.8) is 0 Å². The molecule has 2 amide bonds. The summed E-state index contributed by atoms with van der Waals surface area (Å²) in [6.45, 7) is 1.79. The predicted molar refractivity (Wildman–Crippen MR) is 65.1 cm³/mol. The van der Waals surface area contributed by atoms with Crippen molar-refractivity contribution in [3.8, 4) is 0 Å². The van der Waals surface area contributed by atoms with E-state index in [1.54, 1.807) is 11.8 Å². The van der Waals surface area contributed by atoms with E-state index in [2.05, 4.69) is 20.6 Å². The highest BCUT2D eigenvalue weighted by molar-refractivity contribution is 5.88. The third kappa shape index (κ3) is 4.64. The number of rotatable bonds is 4. The van der Waals surface area contributed by atoms with Gasteiger partial charge in [-0.2, -0.15) is 0 Å². The van der Waals surface area contributed by atoms with Gasteiger partial charge in [-0.05, 0) is 6.92 Å². The lowest BCUT2D eigenvalue weighted by Gasteiger charge is -2.11. The Balaban J connectivity index is 2.48. The van der Waals surface area contributed by atoms with E-state index >= 15 is 0 Å². The van der Waals surface area contributed by atoms with Gasteiger partial charge in [0.15, 0.2) is 0 Å². The van der Waals surface area contributed by atoms with E-state index in [4.69, 9.17) is 5.11 Å². The highest BCUT2D eigenvalue weighted by Crippen LogP contribution is 2.06. The Morgan fingerprint density at radius 2 is 2.06 bits per heavy atom. The van der Waals surface area contributed by atoms with Gasteiger partial charge in [0.25, 0.3) is 0 Å². The first-order valence-electron chi connectivity index (χ1n) is 5.21. The molecule has 1 rings (SSSR count). The van der Waals surface area contributed by atoms with Crippen molar-refractivity contribution in [2.45, 2.75) is 13.0 Å². The first-order chi connectivity index (χ1) is 7.99. The van der Waals surface area contributed by atoms with E-state index in [0.717, 1.165) is 0 Å². The third-order valence-corrected chi connectivity index (χ3v) is 1.85. The Morgan fingerprint density at radius 1 is 1.47 bits per heavy atom. The molecule has 0 saturated carbocycles. The van der Waals surface area contributed by atoms with E-state index in [-0.39, 0.29) is 6.54 Å². The van der Waals surface area contributed by atoms with Crippen LogP contribution in [-0.4, -0.2) is 47.8 Å². The molecular weight excluding hydrogens is 222 g/mol. The molecule has 0 radical (unpaired) electrons. The van der Waals surface area contributed by atoms with Gasteiger partial charge in [-0.15, -0.1) is 0 Å². The lowest BCUT2D eigenvalue weighted by atomic mass is 10.4. The number of hydrogen-bond donors (Lipinski definition) is 3. The maximum atomic E-state index is 11.3. The van der Waals surface area contributed by atoms with Crippen LogP contribution in [0.4, 0.5) is 16.4 Å². The summed E-state index contributed by atoms with van der Waals surface area (Å²) in [5, 5.41) is 14.1. The van der Waals surface area contributed by atoms with E-state index in [1.807, 2.05) is 14.1 Å². The van der Waals surface area contributed by atoms with Gasteiger partial charge < -0.3 is 20.6 Å². The smallest absolute Gasteiger partial charge is 0.319 e. The summed E-state index contributed by atoms with van der Waals surface area (Å²) in [7, 11) is 3.66. The Hall–Kier alpha value is -1.89. The van der Waals surface area contributed by atoms with Crippen molar-refractivity contribution >= 4 is 17.7 Å². The zero-order valence-electron chi connectivity index (χ0n) is 10.1. The van der Waals surface area contributed by atoms with Crippen LogP contribution in [0.15, 0.2) is 12.4 Å². The molecule has 0 aliphatic carbocycles. The number of nitrogens with one attached hydrogen (secondary N) is 2. The third-order valence-electron chi connectivity index (χ3n) is 1.85. The SMILES string of the molecule is C[C@@H](O)CNC(=O)Nc1cnc(N(C)C)nc1. The Kier molecular flexibility index (Phi) is 4.65. The van der Waals surface area contributed by atoms with Gasteiger partial charge in [-0.3, -0.25) is 0 Å². The molecule has 1 atom stereocenters. The van der Waals surface area contributed by atoms with Gasteiger partial charge in [0.1, 0.15) is 0 Å². The van der Waals surface area contributed by atoms with Crippen LogP contribution in [-0.2, 0) is 0 Å². The molecule has 0 aliphatic heterocycles. The maximum absolute atomic E-state index is 11.3. The average molecular weight is 239 g/mol. The average Bonchev–Trinajstić information content (AvgIpc) is 2.27. The lowest BCUT2D eigenvalue weighted by Crippen LogP contribution is -2.34. The van der Waals surface area contributed by atoms with E-state index in [9.17, 15) is 4.79 Å². The van der Waals surface area contributed by atoms with Crippen molar-refractivity contribution in [2.75, 3.05) is 30.9 Å². The summed E-state index contributed by atoms with van der Waals surface area (Å²) in [4.78, 5) is 21.2. The molecule has 1 aromatic heterocycles. The molecule has 17 heavy (non-hydrogen) atoms. The number of aromatic nitrogens is 2. The molecule has 0 aromatic carbocycles. The number of carbonyl (C=O) groups excluding carboxylic acids is 1. The molecule has 0 bridgehead atoms. The molecule has 7 heteroatoms. The number of aliphatic hydroxyl groups is 1. The van der Waals surface area contributed by atoms with Crippen LogP contribution >= 0.6 is 0 Å². The Labute approximate surface area is 99.9 Å². The summed E-state index contributed by atoms with van der Waals surface area (Å²) < 4.78 is 0. The molecule has 0 unspecified atom stereocenters. The second-order valence-electron chi connectivity index (χ2n) is 3.85. The molecule has 94 valence electrons. The van der Waals surface area contributed by atoms with Crippen LogP contribution in [0.2, 0.25) is 0 Å². The molecule has 7 nitrogen and oxygen atoms in total. The fourth-order valence-electron chi connectivity index (χ4n) is 1.03. The normalized spacial score (nSPS) is 11.8. The van der Waals surface area contributed by atoms with Gasteiger partial charge >= 0.3 is 6.03 Å². The number of nitrogens with zero attached hydrogens (tertiary/aromatic N) is 3. The topological polar surface area (TPSA) is 90.4 Å². The van der Waals surface area contributed by atoms with Gasteiger partial charge in [0, 0.05) is 20.6 Å². The number of anilines is 2. The summed E-state index contributed by atoms with van der Waals surface area (Å²) >= 11 is 0. The van der Waals surface area contributed by atoms with Gasteiger partial charge in [0.2, 0.25) is 5.95 Å². The predicted octanol–water partition coefficient (Wildman–Crippen LogP) is 0.0449. The molecule has 1 heterocycles. The number of urea groups is 1. The van der Waals surface area contributed by atoms with Crippen LogP contribution < -0.4 is 15.5 Å². The second kappa shape index (κ2) is 6.00. The zero-order valence-corrected chi connectivity index (χ0v) is 10.1. The van der Waals surface area contributed by atoms with Gasteiger partial charge in [-0.1, -0.05) is 0 Å². The van der Waals surface area contributed by atoms with Crippen LogP contribution in [0.25, 0.3) is 0 Å². The Bertz CT molecular complexity index is 363. The van der Waals surface area contributed by atoms with Crippen molar-refractivity contribution in [3.05, 3.63) is 12.4 Å². The monoisotopic (exact) mass is 239 g/mol. The summed E-state index contributed by atoms with van der Waals surface area (Å²) in [5.74, 6) is 0.569. The molecule has 3 N–H and O–H groups in total. The van der Waals surface area contributed by atoms with E-state index in [1.165, 1.54) is 12.4 Å². The number of amides is 2. The fourth-order valence-corrected chi connectivity index (χ4v) is 1.03. The van der Waals surface area contributed by atoms with E-state index in [0.29, 0.717) is 11.6 Å². The van der Waals surface area contributed by atoms with Crippen molar-refractivity contribution in [1.82, 2.24) is 15.3 Å². The highest BCUT2D eigenvalue weighted by Gasteiger charge is 2.04. The zero-order chi connectivity index (χ0) is 12.8. The van der Waals surface area contributed by atoms with E-state index < -0.39 is 12.1 Å². The van der Waals surface area contributed by atoms with Crippen molar-refractivity contribution in [1.29, 1.82) is 0 Å². The molecule has 0 saturated heterocycles. The van der Waals surface area contributed by atoms with Crippen LogP contribution in [0.1, 0.15) is 6.92 Å². The molecule has 1 aromatic rings. The lowest BCUT2D eigenvalue weighted by molar-refractivity contribution is 0.190. The minimum absolute atomic E-state index is 0.197. The minimum atomic E-state index is -0.576. The fraction of sp³-hybridized carbons (Fsp3) is 0.500. The van der Waals surface area contributed by atoms with Gasteiger partial charge in [0.05, 0.1) is 24.2 Å². The van der Waals surface area contributed by atoms with Crippen LogP contribution in [0.3, 0.4) is 0 Å². The molecule has 0 spiro atoms. The summed E-state index contributed by atoms with van der Waals surface area (Å²) in [6.07, 6.45) is 2.46. The summed E-state index contributed by atoms with van der Waals surface area (Å²) in [5.41, 5.74) is 0.499. The number of aliphatic hydroxyl groups excluding tert-OH is 1. The first kappa shape index (κ1) is 13.2. The van der Waals surface area contributed by atoms with Gasteiger partial charge in [-0.25, -0.2) is 14.8 Å². The molecular formula is C10H17N5O2. The number of hydrogen-bond acceptors (Lipinski definition) is 5. The largest absolute Gasteiger partial charge is 0.392 e. The number of carbonyl (C=O) groups is 1. The molecule has 0 fully saturated rings. The summed E-state index contributed by atoms with van der Waals surface area (Å²) in [6, 6.07) is -0.396. The van der Waals surface area contributed by atoms with Crippen LogP contribution in [0, 0.1) is 0 Å². The first-order valence-corrected chi connectivity index (χ1v) is 5.21. The highest BCUT2D eigenvalue weighted by atomic mass is 16.3. The van der Waals surface area contributed by atoms with Crippen molar-refractivity contribution < 1.29 is 9.90 Å². The minimum Gasteiger partial charge on any atom is -0.392 e. The standard InChI is InChI=1S/C10H17N5O2/c1-7(16)4-13-10(17)14-8-5-11-9(12-6-8)15(2)3/h5-7,16H,4H2,1-3H3,(H2,13,14,17)/t7-/m1/s1. The molecule has 0 aliphatic rings. The van der Waals surface area contributed by atoms with Crippen molar-refractivity contribution in [2.24, 2.45) is 0 Å². The van der Waals surface area contributed by atoms with Crippen LogP contribution in [0.5, 0.6) is 0 Å².